The largest absolute Gasteiger partial charge is 0.493 e. The predicted octanol–water partition coefficient (Wildman–Crippen LogP) is 2.31. The van der Waals surface area contributed by atoms with E-state index >= 15 is 0 Å². The molecule has 1 aliphatic rings. The lowest BCUT2D eigenvalue weighted by Crippen LogP contribution is -2.15. The SMILES string of the molecule is NCCCOc1ccccc1C1CCOCC1. The molecule has 1 fully saturated rings. The standard InChI is InChI=1S/C14H21NO2/c15-8-3-9-17-14-5-2-1-4-13(14)12-6-10-16-11-7-12/h1-2,4-5,12H,3,6-11,15H2. The normalized spacial score (nSPS) is 17.0. The number of benzene rings is 1. The Kier molecular flexibility index (Phi) is 4.83. The van der Waals surface area contributed by atoms with Crippen LogP contribution in [0.3, 0.4) is 0 Å². The number of rotatable bonds is 5. The summed E-state index contributed by atoms with van der Waals surface area (Å²) in [6.45, 7) is 3.11. The van der Waals surface area contributed by atoms with E-state index in [1.165, 1.54) is 5.56 Å². The predicted molar refractivity (Wildman–Crippen MR) is 68.4 cm³/mol. The number of nitrogens with two attached hydrogens (primary N) is 1. The molecule has 0 saturated carbocycles. The third-order valence-electron chi connectivity index (χ3n) is 3.19. The van der Waals surface area contributed by atoms with Gasteiger partial charge in [0.1, 0.15) is 5.75 Å². The lowest BCUT2D eigenvalue weighted by molar-refractivity contribution is 0.0846. The Balaban J connectivity index is 2.03. The molecule has 0 aliphatic carbocycles. The molecule has 0 unspecified atom stereocenters. The maximum Gasteiger partial charge on any atom is 0.122 e. The summed E-state index contributed by atoms with van der Waals surface area (Å²) >= 11 is 0. The molecule has 17 heavy (non-hydrogen) atoms. The van der Waals surface area contributed by atoms with Crippen molar-refractivity contribution in [1.29, 1.82) is 0 Å². The number of ether oxygens (including phenoxy) is 2. The second kappa shape index (κ2) is 6.62. The van der Waals surface area contributed by atoms with E-state index in [2.05, 4.69) is 18.2 Å². The summed E-state index contributed by atoms with van der Waals surface area (Å²) < 4.78 is 11.2. The monoisotopic (exact) mass is 235 g/mol. The van der Waals surface area contributed by atoms with Crippen LogP contribution in [0.4, 0.5) is 0 Å². The maximum absolute atomic E-state index is 5.81. The first-order valence-corrected chi connectivity index (χ1v) is 6.41. The summed E-state index contributed by atoms with van der Waals surface area (Å²) in [5.74, 6) is 1.60. The van der Waals surface area contributed by atoms with Crippen LogP contribution in [0.5, 0.6) is 5.75 Å². The Morgan fingerprint density at radius 2 is 2.00 bits per heavy atom. The molecule has 1 saturated heterocycles. The minimum atomic E-state index is 0.581. The molecule has 0 spiro atoms. The van der Waals surface area contributed by atoms with Gasteiger partial charge in [-0.05, 0) is 43.4 Å². The Hall–Kier alpha value is -1.06. The molecule has 0 bridgehead atoms. The topological polar surface area (TPSA) is 44.5 Å². The van der Waals surface area contributed by atoms with Crippen LogP contribution in [0.25, 0.3) is 0 Å². The van der Waals surface area contributed by atoms with Crippen LogP contribution in [-0.4, -0.2) is 26.4 Å². The molecular formula is C14H21NO2. The van der Waals surface area contributed by atoms with Crippen LogP contribution in [0.15, 0.2) is 24.3 Å². The Morgan fingerprint density at radius 3 is 2.76 bits per heavy atom. The average Bonchev–Trinajstić information content (AvgIpc) is 2.41. The van der Waals surface area contributed by atoms with Gasteiger partial charge in [0.15, 0.2) is 0 Å². The summed E-state index contributed by atoms with van der Waals surface area (Å²) in [5, 5.41) is 0. The molecule has 0 atom stereocenters. The molecule has 0 aromatic heterocycles. The second-order valence-corrected chi connectivity index (χ2v) is 4.42. The highest BCUT2D eigenvalue weighted by atomic mass is 16.5. The van der Waals surface area contributed by atoms with Crippen molar-refractivity contribution in [2.45, 2.75) is 25.2 Å². The van der Waals surface area contributed by atoms with Crippen LogP contribution >= 0.6 is 0 Å². The van der Waals surface area contributed by atoms with Gasteiger partial charge in [-0.15, -0.1) is 0 Å². The van der Waals surface area contributed by atoms with Gasteiger partial charge in [-0.1, -0.05) is 18.2 Å². The maximum atomic E-state index is 5.81. The van der Waals surface area contributed by atoms with E-state index in [-0.39, 0.29) is 0 Å². The zero-order valence-corrected chi connectivity index (χ0v) is 10.2. The summed E-state index contributed by atoms with van der Waals surface area (Å²) in [6.07, 6.45) is 3.09. The summed E-state index contributed by atoms with van der Waals surface area (Å²) in [6, 6.07) is 8.34. The highest BCUT2D eigenvalue weighted by Gasteiger charge is 2.19. The number of hydrogen-bond donors (Lipinski definition) is 1. The van der Waals surface area contributed by atoms with Crippen molar-refractivity contribution >= 4 is 0 Å². The first-order valence-electron chi connectivity index (χ1n) is 6.41. The van der Waals surface area contributed by atoms with Crippen molar-refractivity contribution in [3.05, 3.63) is 29.8 Å². The van der Waals surface area contributed by atoms with Gasteiger partial charge in [-0.2, -0.15) is 0 Å². The van der Waals surface area contributed by atoms with Crippen LogP contribution < -0.4 is 10.5 Å². The first kappa shape index (κ1) is 12.4. The molecular weight excluding hydrogens is 214 g/mol. The van der Waals surface area contributed by atoms with Gasteiger partial charge in [0.25, 0.3) is 0 Å². The van der Waals surface area contributed by atoms with E-state index in [4.69, 9.17) is 15.2 Å². The van der Waals surface area contributed by atoms with Crippen LogP contribution in [0.1, 0.15) is 30.7 Å². The van der Waals surface area contributed by atoms with Crippen LogP contribution in [-0.2, 0) is 4.74 Å². The van der Waals surface area contributed by atoms with Gasteiger partial charge in [0.2, 0.25) is 0 Å². The number of hydrogen-bond acceptors (Lipinski definition) is 3. The van der Waals surface area contributed by atoms with Crippen LogP contribution in [0, 0.1) is 0 Å². The molecule has 1 aliphatic heterocycles. The van der Waals surface area contributed by atoms with E-state index < -0.39 is 0 Å². The van der Waals surface area contributed by atoms with Crippen molar-refractivity contribution in [3.8, 4) is 5.75 Å². The molecule has 1 heterocycles. The first-order chi connectivity index (χ1) is 8.42. The van der Waals surface area contributed by atoms with Crippen LogP contribution in [0.2, 0.25) is 0 Å². The van der Waals surface area contributed by atoms with Gasteiger partial charge in [-0.25, -0.2) is 0 Å². The number of para-hydroxylation sites is 1. The molecule has 3 heteroatoms. The summed E-state index contributed by atoms with van der Waals surface area (Å²) in [7, 11) is 0. The van der Waals surface area contributed by atoms with Crippen molar-refractivity contribution in [3.63, 3.8) is 0 Å². The third kappa shape index (κ3) is 3.45. The van der Waals surface area contributed by atoms with Gasteiger partial charge < -0.3 is 15.2 Å². The molecule has 1 aromatic carbocycles. The van der Waals surface area contributed by atoms with Crippen molar-refractivity contribution in [2.24, 2.45) is 5.73 Å². The van der Waals surface area contributed by atoms with E-state index in [0.29, 0.717) is 19.1 Å². The third-order valence-corrected chi connectivity index (χ3v) is 3.19. The van der Waals surface area contributed by atoms with E-state index in [1.54, 1.807) is 0 Å². The second-order valence-electron chi connectivity index (χ2n) is 4.42. The molecule has 0 radical (unpaired) electrons. The summed E-state index contributed by atoms with van der Waals surface area (Å²) in [4.78, 5) is 0. The molecule has 2 N–H and O–H groups in total. The minimum Gasteiger partial charge on any atom is -0.493 e. The van der Waals surface area contributed by atoms with Crippen molar-refractivity contribution in [2.75, 3.05) is 26.4 Å². The fourth-order valence-corrected chi connectivity index (χ4v) is 2.22. The smallest absolute Gasteiger partial charge is 0.122 e. The Morgan fingerprint density at radius 1 is 1.24 bits per heavy atom. The molecule has 3 nitrogen and oxygen atoms in total. The lowest BCUT2D eigenvalue weighted by atomic mass is 9.91. The average molecular weight is 235 g/mol. The van der Waals surface area contributed by atoms with Gasteiger partial charge in [-0.3, -0.25) is 0 Å². The highest BCUT2D eigenvalue weighted by molar-refractivity contribution is 5.36. The highest BCUT2D eigenvalue weighted by Crippen LogP contribution is 2.33. The zero-order valence-electron chi connectivity index (χ0n) is 10.2. The molecule has 0 amide bonds. The lowest BCUT2D eigenvalue weighted by Gasteiger charge is -2.24. The molecule has 2 rings (SSSR count). The van der Waals surface area contributed by atoms with Crippen molar-refractivity contribution < 1.29 is 9.47 Å². The quantitative estimate of drug-likeness (QED) is 0.796. The van der Waals surface area contributed by atoms with E-state index in [9.17, 15) is 0 Å². The van der Waals surface area contributed by atoms with Gasteiger partial charge >= 0.3 is 0 Å². The van der Waals surface area contributed by atoms with Crippen molar-refractivity contribution in [1.82, 2.24) is 0 Å². The Labute approximate surface area is 103 Å². The molecule has 94 valence electrons. The summed E-state index contributed by atoms with van der Waals surface area (Å²) in [5.41, 5.74) is 6.80. The van der Waals surface area contributed by atoms with E-state index in [1.807, 2.05) is 6.07 Å². The van der Waals surface area contributed by atoms with E-state index in [0.717, 1.165) is 38.2 Å². The fraction of sp³-hybridized carbons (Fsp3) is 0.571. The fourth-order valence-electron chi connectivity index (χ4n) is 2.22. The molecule has 1 aromatic rings. The minimum absolute atomic E-state index is 0.581. The Bertz CT molecular complexity index is 335. The zero-order chi connectivity index (χ0) is 11.9. The van der Waals surface area contributed by atoms with Gasteiger partial charge in [0, 0.05) is 13.2 Å². The van der Waals surface area contributed by atoms with Gasteiger partial charge in [0.05, 0.1) is 6.61 Å².